The molecule has 0 spiro atoms. The molecule has 1 fully saturated rings. The van der Waals surface area contributed by atoms with E-state index in [0.717, 1.165) is 29.4 Å². The monoisotopic (exact) mass is 244 g/mol. The highest BCUT2D eigenvalue weighted by Gasteiger charge is 2.30. The van der Waals surface area contributed by atoms with Crippen LogP contribution in [0.3, 0.4) is 0 Å². The summed E-state index contributed by atoms with van der Waals surface area (Å²) in [5.41, 5.74) is 7.94. The molecule has 3 rings (SSSR count). The Morgan fingerprint density at radius 3 is 2.61 bits per heavy atom. The molecule has 2 nitrogen and oxygen atoms in total. The smallest absolute Gasteiger partial charge is 0.123 e. The second-order valence-electron chi connectivity index (χ2n) is 5.25. The number of nitrogens with two attached hydrogens (primary N) is 1. The van der Waals surface area contributed by atoms with Crippen LogP contribution in [0.25, 0.3) is 10.9 Å². The molecular weight excluding hydrogens is 227 g/mol. The van der Waals surface area contributed by atoms with E-state index >= 15 is 0 Å². The van der Waals surface area contributed by atoms with Gasteiger partial charge in [0.15, 0.2) is 0 Å². The minimum Gasteiger partial charge on any atom is -0.320 e. The van der Waals surface area contributed by atoms with Gasteiger partial charge in [-0.25, -0.2) is 4.39 Å². The van der Waals surface area contributed by atoms with E-state index in [-0.39, 0.29) is 11.4 Å². The topological polar surface area (TPSA) is 38.9 Å². The largest absolute Gasteiger partial charge is 0.320 e. The number of benzene rings is 1. The van der Waals surface area contributed by atoms with Crippen LogP contribution in [0.4, 0.5) is 4.39 Å². The Kier molecular flexibility index (Phi) is 2.78. The van der Waals surface area contributed by atoms with Crippen molar-refractivity contribution in [3.63, 3.8) is 0 Å². The molecule has 1 heterocycles. The molecule has 0 bridgehead atoms. The van der Waals surface area contributed by atoms with Gasteiger partial charge in [-0.1, -0.05) is 25.3 Å². The molecule has 0 saturated heterocycles. The zero-order valence-electron chi connectivity index (χ0n) is 10.3. The quantitative estimate of drug-likeness (QED) is 0.834. The van der Waals surface area contributed by atoms with E-state index in [1.165, 1.54) is 31.4 Å². The van der Waals surface area contributed by atoms with E-state index in [0.29, 0.717) is 0 Å². The number of hydrogen-bond acceptors (Lipinski definition) is 2. The van der Waals surface area contributed by atoms with E-state index in [9.17, 15) is 4.39 Å². The molecule has 0 unspecified atom stereocenters. The summed E-state index contributed by atoms with van der Waals surface area (Å²) < 4.78 is 13.1. The third-order valence-electron chi connectivity index (χ3n) is 3.91. The Bertz CT molecular complexity index is 574. The minimum atomic E-state index is -0.291. The summed E-state index contributed by atoms with van der Waals surface area (Å²) in [7, 11) is 0. The van der Waals surface area contributed by atoms with E-state index in [1.54, 1.807) is 6.07 Å². The van der Waals surface area contributed by atoms with Crippen molar-refractivity contribution in [2.45, 2.75) is 37.6 Å². The zero-order valence-corrected chi connectivity index (χ0v) is 10.3. The summed E-state index contributed by atoms with van der Waals surface area (Å²) in [5.74, 6) is -0.225. The number of hydrogen-bond donors (Lipinski definition) is 1. The van der Waals surface area contributed by atoms with Crippen LogP contribution >= 0.6 is 0 Å². The van der Waals surface area contributed by atoms with Gasteiger partial charge in [0, 0.05) is 5.39 Å². The number of fused-ring (bicyclic) bond motifs is 1. The first-order chi connectivity index (χ1) is 8.67. The van der Waals surface area contributed by atoms with Crippen LogP contribution in [0.5, 0.6) is 0 Å². The van der Waals surface area contributed by atoms with E-state index in [4.69, 9.17) is 5.73 Å². The molecule has 3 heteroatoms. The molecule has 2 aromatic rings. The zero-order chi connectivity index (χ0) is 12.6. The van der Waals surface area contributed by atoms with Gasteiger partial charge in [0.1, 0.15) is 5.82 Å². The van der Waals surface area contributed by atoms with Crippen molar-refractivity contribution in [1.29, 1.82) is 0 Å². The normalized spacial score (nSPS) is 19.0. The van der Waals surface area contributed by atoms with E-state index < -0.39 is 0 Å². The average Bonchev–Trinajstić information content (AvgIpc) is 2.39. The van der Waals surface area contributed by atoms with Gasteiger partial charge in [-0.15, -0.1) is 0 Å². The van der Waals surface area contributed by atoms with Crippen molar-refractivity contribution in [3.8, 4) is 0 Å². The summed E-state index contributed by atoms with van der Waals surface area (Å²) in [4.78, 5) is 4.62. The fourth-order valence-electron chi connectivity index (χ4n) is 2.81. The number of aromatic nitrogens is 1. The third-order valence-corrected chi connectivity index (χ3v) is 3.91. The molecular formula is C15H17FN2. The summed E-state index contributed by atoms with van der Waals surface area (Å²) in [6, 6.07) is 8.55. The van der Waals surface area contributed by atoms with Crippen molar-refractivity contribution in [2.75, 3.05) is 0 Å². The summed E-state index contributed by atoms with van der Waals surface area (Å²) >= 11 is 0. The van der Waals surface area contributed by atoms with Gasteiger partial charge < -0.3 is 5.73 Å². The van der Waals surface area contributed by atoms with Gasteiger partial charge in [0.2, 0.25) is 0 Å². The van der Waals surface area contributed by atoms with Gasteiger partial charge in [0.05, 0.1) is 16.7 Å². The Balaban J connectivity index is 2.05. The van der Waals surface area contributed by atoms with E-state index in [1.807, 2.05) is 12.1 Å². The van der Waals surface area contributed by atoms with Crippen molar-refractivity contribution in [1.82, 2.24) is 4.98 Å². The summed E-state index contributed by atoms with van der Waals surface area (Å²) in [6.45, 7) is 0. The lowest BCUT2D eigenvalue weighted by Gasteiger charge is -2.32. The van der Waals surface area contributed by atoms with Crippen LogP contribution < -0.4 is 5.73 Å². The molecule has 0 aliphatic heterocycles. The molecule has 1 aromatic carbocycles. The van der Waals surface area contributed by atoms with Gasteiger partial charge in [0.25, 0.3) is 0 Å². The van der Waals surface area contributed by atoms with Crippen LogP contribution in [0.1, 0.15) is 37.8 Å². The maximum atomic E-state index is 13.1. The number of halogens is 1. The molecule has 1 aliphatic rings. The maximum Gasteiger partial charge on any atom is 0.123 e. The Morgan fingerprint density at radius 1 is 1.06 bits per heavy atom. The lowest BCUT2D eigenvalue weighted by atomic mass is 9.80. The first kappa shape index (κ1) is 11.6. The predicted molar refractivity (Wildman–Crippen MR) is 70.7 cm³/mol. The fourth-order valence-corrected chi connectivity index (χ4v) is 2.81. The van der Waals surface area contributed by atoms with Gasteiger partial charge in [-0.2, -0.15) is 0 Å². The molecule has 1 aromatic heterocycles. The molecule has 1 saturated carbocycles. The van der Waals surface area contributed by atoms with Crippen LogP contribution in [-0.4, -0.2) is 4.98 Å². The predicted octanol–water partition coefficient (Wildman–Crippen LogP) is 3.49. The highest BCUT2D eigenvalue weighted by atomic mass is 19.1. The Labute approximate surface area is 106 Å². The number of pyridine rings is 1. The molecule has 0 amide bonds. The highest BCUT2D eigenvalue weighted by Crippen LogP contribution is 2.34. The van der Waals surface area contributed by atoms with Crippen LogP contribution in [-0.2, 0) is 5.54 Å². The molecule has 18 heavy (non-hydrogen) atoms. The van der Waals surface area contributed by atoms with Crippen molar-refractivity contribution in [3.05, 3.63) is 41.8 Å². The third kappa shape index (κ3) is 1.99. The van der Waals surface area contributed by atoms with Crippen molar-refractivity contribution < 1.29 is 4.39 Å². The van der Waals surface area contributed by atoms with Crippen LogP contribution in [0.15, 0.2) is 30.3 Å². The van der Waals surface area contributed by atoms with Gasteiger partial charge in [-0.3, -0.25) is 4.98 Å². The molecule has 0 atom stereocenters. The van der Waals surface area contributed by atoms with Crippen LogP contribution in [0, 0.1) is 5.82 Å². The lowest BCUT2D eigenvalue weighted by molar-refractivity contribution is 0.296. The first-order valence-electron chi connectivity index (χ1n) is 6.53. The highest BCUT2D eigenvalue weighted by molar-refractivity contribution is 5.78. The van der Waals surface area contributed by atoms with Crippen LogP contribution in [0.2, 0.25) is 0 Å². The summed E-state index contributed by atoms with van der Waals surface area (Å²) in [6.07, 6.45) is 5.58. The fraction of sp³-hybridized carbons (Fsp3) is 0.400. The number of rotatable bonds is 1. The lowest BCUT2D eigenvalue weighted by Crippen LogP contribution is -2.39. The SMILES string of the molecule is NC1(c2ccc3cc(F)ccc3n2)CCCCC1. The molecule has 1 aliphatic carbocycles. The molecule has 94 valence electrons. The summed E-state index contributed by atoms with van der Waals surface area (Å²) in [5, 5.41) is 0.832. The standard InChI is InChI=1S/C15H17FN2/c16-12-5-6-13-11(10-12)4-7-14(18-13)15(17)8-2-1-3-9-15/h4-7,10H,1-3,8-9,17H2. The molecule has 2 N–H and O–H groups in total. The Hall–Kier alpha value is -1.48. The number of nitrogens with zero attached hydrogens (tertiary/aromatic N) is 1. The first-order valence-corrected chi connectivity index (χ1v) is 6.53. The van der Waals surface area contributed by atoms with Gasteiger partial charge >= 0.3 is 0 Å². The van der Waals surface area contributed by atoms with Crippen molar-refractivity contribution >= 4 is 10.9 Å². The average molecular weight is 244 g/mol. The Morgan fingerprint density at radius 2 is 1.83 bits per heavy atom. The second kappa shape index (κ2) is 4.32. The van der Waals surface area contributed by atoms with E-state index in [2.05, 4.69) is 4.98 Å². The van der Waals surface area contributed by atoms with Crippen molar-refractivity contribution in [2.24, 2.45) is 5.73 Å². The second-order valence-corrected chi connectivity index (χ2v) is 5.25. The van der Waals surface area contributed by atoms with Gasteiger partial charge in [-0.05, 0) is 37.1 Å². The molecule has 0 radical (unpaired) electrons. The minimum absolute atomic E-state index is 0.225. The maximum absolute atomic E-state index is 13.1.